The number of rotatable bonds is 11. The highest BCUT2D eigenvalue weighted by Crippen LogP contribution is 2.20. The minimum atomic E-state index is -1.06. The average molecular weight is 293 g/mol. The molecule has 1 unspecified atom stereocenters. The summed E-state index contributed by atoms with van der Waals surface area (Å²) in [5, 5.41) is 11.0. The summed E-state index contributed by atoms with van der Waals surface area (Å²) < 4.78 is 0.227. The van der Waals surface area contributed by atoms with Gasteiger partial charge in [0.15, 0.2) is 0 Å². The van der Waals surface area contributed by atoms with Crippen LogP contribution in [0.2, 0.25) is 0 Å². The number of carboxylic acids is 1. The molecule has 0 aromatic rings. The lowest BCUT2D eigenvalue weighted by atomic mass is 10.1. The Morgan fingerprint density at radius 2 is 2.14 bits per heavy atom. The number of amidine groups is 1. The van der Waals surface area contributed by atoms with E-state index in [4.69, 9.17) is 5.73 Å². The average Bonchev–Trinajstić information content (AvgIpc) is 2.80. The Hall–Kier alpha value is -1.46. The number of carboxylic acid groups (broad SMARTS) is 1. The van der Waals surface area contributed by atoms with Crippen LogP contribution in [0.5, 0.6) is 0 Å². The molecule has 0 aliphatic carbocycles. The minimum Gasteiger partial charge on any atom is -0.544 e. The Bertz CT molecular complexity index is 416. The van der Waals surface area contributed by atoms with Gasteiger partial charge in [-0.15, -0.1) is 0 Å². The first-order valence-electron chi connectivity index (χ1n) is 7.81. The van der Waals surface area contributed by atoms with Gasteiger partial charge >= 0.3 is 0 Å². The van der Waals surface area contributed by atoms with Crippen molar-refractivity contribution in [2.24, 2.45) is 10.7 Å². The molecular weight excluding hydrogens is 266 g/mol. The van der Waals surface area contributed by atoms with E-state index in [0.717, 1.165) is 37.9 Å². The van der Waals surface area contributed by atoms with Crippen LogP contribution in [-0.4, -0.2) is 35.9 Å². The highest BCUT2D eigenvalue weighted by atomic mass is 16.4. The van der Waals surface area contributed by atoms with Crippen molar-refractivity contribution in [3.8, 4) is 0 Å². The zero-order valence-corrected chi connectivity index (χ0v) is 13.0. The Morgan fingerprint density at radius 1 is 1.38 bits per heavy atom. The van der Waals surface area contributed by atoms with Gasteiger partial charge in [0.1, 0.15) is 19.3 Å². The second kappa shape index (κ2) is 9.47. The molecule has 1 aliphatic heterocycles. The third-order valence-electron chi connectivity index (χ3n) is 3.67. The highest BCUT2D eigenvalue weighted by molar-refractivity contribution is 5.80. The number of allylic oxidation sites excluding steroid dienone is 2. The Labute approximate surface area is 127 Å². The summed E-state index contributed by atoms with van der Waals surface area (Å²) in [4.78, 5) is 15.3. The van der Waals surface area contributed by atoms with Crippen molar-refractivity contribution >= 4 is 11.8 Å². The van der Waals surface area contributed by atoms with E-state index >= 15 is 0 Å². The third-order valence-corrected chi connectivity index (χ3v) is 3.67. The molecule has 2 N–H and O–H groups in total. The van der Waals surface area contributed by atoms with Gasteiger partial charge in [0.05, 0.1) is 12.2 Å². The number of nitrogens with zero attached hydrogens (tertiary/aromatic N) is 2. The van der Waals surface area contributed by atoms with Gasteiger partial charge in [-0.2, -0.15) is 0 Å². The van der Waals surface area contributed by atoms with E-state index < -0.39 is 5.97 Å². The quantitative estimate of drug-likeness (QED) is 0.354. The predicted octanol–water partition coefficient (Wildman–Crippen LogP) is 1.31. The van der Waals surface area contributed by atoms with E-state index in [-0.39, 0.29) is 11.0 Å². The molecule has 118 valence electrons. The maximum Gasteiger partial charge on any atom is 0.207 e. The molecule has 21 heavy (non-hydrogen) atoms. The second-order valence-corrected chi connectivity index (χ2v) is 5.43. The molecule has 1 heterocycles. The smallest absolute Gasteiger partial charge is 0.207 e. The molecule has 0 radical (unpaired) electrons. The lowest BCUT2D eigenvalue weighted by Gasteiger charge is -2.32. The molecule has 1 atom stereocenters. The van der Waals surface area contributed by atoms with Crippen molar-refractivity contribution in [2.45, 2.75) is 45.4 Å². The van der Waals surface area contributed by atoms with E-state index in [1.54, 1.807) is 6.20 Å². The summed E-state index contributed by atoms with van der Waals surface area (Å²) in [6.45, 7) is 3.07. The van der Waals surface area contributed by atoms with E-state index in [2.05, 4.69) is 24.1 Å². The molecule has 1 aliphatic rings. The van der Waals surface area contributed by atoms with Gasteiger partial charge in [-0.25, -0.2) is 9.48 Å². The predicted molar refractivity (Wildman–Crippen MR) is 83.1 cm³/mol. The van der Waals surface area contributed by atoms with Crippen molar-refractivity contribution in [3.05, 3.63) is 24.6 Å². The fraction of sp³-hybridized carbons (Fsp3) is 0.625. The summed E-state index contributed by atoms with van der Waals surface area (Å²) in [5.74, 6) is -0.174. The molecule has 0 spiro atoms. The molecule has 0 amide bonds. The number of unbranched alkanes of at least 4 members (excludes halogenated alkanes) is 3. The van der Waals surface area contributed by atoms with Gasteiger partial charge in [-0.1, -0.05) is 25.5 Å². The number of hydrogen-bond donors (Lipinski definition) is 1. The summed E-state index contributed by atoms with van der Waals surface area (Å²) in [6, 6.07) is 0. The van der Waals surface area contributed by atoms with Crippen LogP contribution in [-0.2, 0) is 4.79 Å². The summed E-state index contributed by atoms with van der Waals surface area (Å²) in [7, 11) is 0. The molecule has 0 aromatic carbocycles. The standard InChI is InChI=1S/C16H27N3O2/c1-2-3-4-5-6-7-8-9-15-18-11-13-19(15,12-10-17)14-16(20)21/h4-5,11,13H,2-3,6-10,12,14,17H2,1H3/b5-4+. The first kappa shape index (κ1) is 17.6. The van der Waals surface area contributed by atoms with Crippen molar-refractivity contribution in [2.75, 3.05) is 19.6 Å². The first-order valence-corrected chi connectivity index (χ1v) is 7.81. The first-order chi connectivity index (χ1) is 10.1. The van der Waals surface area contributed by atoms with Crippen LogP contribution in [0.3, 0.4) is 0 Å². The summed E-state index contributed by atoms with van der Waals surface area (Å²) >= 11 is 0. The molecule has 0 aromatic heterocycles. The van der Waals surface area contributed by atoms with Gasteiger partial charge in [-0.05, 0) is 25.7 Å². The Balaban J connectivity index is 2.44. The normalized spacial score (nSPS) is 21.1. The number of quaternary nitrogens is 1. The molecule has 1 rings (SSSR count). The molecular formula is C16H27N3O2. The van der Waals surface area contributed by atoms with Crippen LogP contribution in [0.15, 0.2) is 29.5 Å². The van der Waals surface area contributed by atoms with Crippen LogP contribution < -0.4 is 10.8 Å². The Kier molecular flexibility index (Phi) is 7.93. The van der Waals surface area contributed by atoms with E-state index in [1.165, 1.54) is 6.42 Å². The van der Waals surface area contributed by atoms with Crippen LogP contribution in [0.25, 0.3) is 0 Å². The summed E-state index contributed by atoms with van der Waals surface area (Å²) in [6.07, 6.45) is 14.2. The molecule has 0 saturated heterocycles. The number of carbonyl (C=O) groups is 1. The number of aliphatic imine (C=N–C) groups is 1. The van der Waals surface area contributed by atoms with E-state index in [9.17, 15) is 9.90 Å². The maximum absolute atomic E-state index is 11.0. The second-order valence-electron chi connectivity index (χ2n) is 5.43. The van der Waals surface area contributed by atoms with E-state index in [1.807, 2.05) is 6.20 Å². The van der Waals surface area contributed by atoms with Gasteiger partial charge < -0.3 is 15.6 Å². The van der Waals surface area contributed by atoms with Gasteiger partial charge in [0.25, 0.3) is 0 Å². The summed E-state index contributed by atoms with van der Waals surface area (Å²) in [5.41, 5.74) is 5.63. The molecule has 0 saturated carbocycles. The monoisotopic (exact) mass is 293 g/mol. The zero-order valence-electron chi connectivity index (χ0n) is 13.0. The largest absolute Gasteiger partial charge is 0.544 e. The van der Waals surface area contributed by atoms with Gasteiger partial charge in [0.2, 0.25) is 5.84 Å². The lowest BCUT2D eigenvalue weighted by molar-refractivity contribution is -0.780. The minimum absolute atomic E-state index is 0.0804. The Morgan fingerprint density at radius 3 is 2.81 bits per heavy atom. The van der Waals surface area contributed by atoms with Crippen LogP contribution in [0.4, 0.5) is 0 Å². The van der Waals surface area contributed by atoms with Crippen molar-refractivity contribution < 1.29 is 14.4 Å². The number of carbonyl (C=O) groups excluding carboxylic acids is 1. The topological polar surface area (TPSA) is 78.5 Å². The highest BCUT2D eigenvalue weighted by Gasteiger charge is 2.34. The van der Waals surface area contributed by atoms with Crippen LogP contribution in [0, 0.1) is 0 Å². The SMILES string of the molecule is CCC/C=C/CCCCC1=NC=C[N+]1(CCN)CC(=O)[O-]. The van der Waals surface area contributed by atoms with Gasteiger partial charge in [0, 0.05) is 13.0 Å². The fourth-order valence-electron chi connectivity index (χ4n) is 2.57. The van der Waals surface area contributed by atoms with Gasteiger partial charge in [-0.3, -0.25) is 0 Å². The van der Waals surface area contributed by atoms with Crippen molar-refractivity contribution in [1.29, 1.82) is 0 Å². The fourth-order valence-corrected chi connectivity index (χ4v) is 2.57. The third kappa shape index (κ3) is 5.81. The molecule has 0 bridgehead atoms. The molecule has 5 nitrogen and oxygen atoms in total. The molecule has 5 heteroatoms. The van der Waals surface area contributed by atoms with Crippen molar-refractivity contribution in [3.63, 3.8) is 0 Å². The maximum atomic E-state index is 11.0. The van der Waals surface area contributed by atoms with Crippen LogP contribution >= 0.6 is 0 Å². The number of hydrogen-bond acceptors (Lipinski definition) is 4. The van der Waals surface area contributed by atoms with E-state index in [0.29, 0.717) is 13.1 Å². The number of nitrogens with two attached hydrogens (primary N) is 1. The zero-order chi connectivity index (χ0) is 15.6. The molecule has 0 fully saturated rings. The lowest BCUT2D eigenvalue weighted by Crippen LogP contribution is -2.55. The number of aliphatic carboxylic acids is 1. The van der Waals surface area contributed by atoms with Crippen LogP contribution in [0.1, 0.15) is 45.4 Å². The van der Waals surface area contributed by atoms with Crippen molar-refractivity contribution in [1.82, 2.24) is 0 Å².